The van der Waals surface area contributed by atoms with E-state index in [-0.39, 0.29) is 0 Å². The molecule has 0 saturated carbocycles. The molecule has 0 N–H and O–H groups in total. The van der Waals surface area contributed by atoms with E-state index < -0.39 is 5.41 Å². The molecule has 0 aromatic heterocycles. The highest BCUT2D eigenvalue weighted by Crippen LogP contribution is 2.24. The third kappa shape index (κ3) is 12.3. The van der Waals surface area contributed by atoms with Crippen LogP contribution < -0.4 is 0 Å². The van der Waals surface area contributed by atoms with Crippen molar-refractivity contribution in [2.75, 3.05) is 26.4 Å². The first-order valence-electron chi connectivity index (χ1n) is 13.2. The summed E-state index contributed by atoms with van der Waals surface area (Å²) in [4.78, 5) is 0. The van der Waals surface area contributed by atoms with E-state index in [4.69, 9.17) is 18.9 Å². The van der Waals surface area contributed by atoms with E-state index in [9.17, 15) is 0 Å². The van der Waals surface area contributed by atoms with Gasteiger partial charge in [-0.2, -0.15) is 0 Å². The Morgan fingerprint density at radius 3 is 0.732 bits per heavy atom. The molecule has 4 aromatic rings. The summed E-state index contributed by atoms with van der Waals surface area (Å²) in [5.74, 6) is 0. The Kier molecular flexibility index (Phi) is 14.6. The molecule has 0 atom stereocenters. The van der Waals surface area contributed by atoms with Crippen molar-refractivity contribution in [3.63, 3.8) is 0 Å². The van der Waals surface area contributed by atoms with Crippen LogP contribution in [0.4, 0.5) is 0 Å². The summed E-state index contributed by atoms with van der Waals surface area (Å²) in [5, 5.41) is 0. The topological polar surface area (TPSA) is 36.9 Å². The van der Waals surface area contributed by atoms with Crippen molar-refractivity contribution in [1.29, 1.82) is 0 Å². The molecule has 0 aliphatic rings. The maximum Gasteiger partial charge on any atom is 0.0717 e. The number of ether oxygens (including phenoxy) is 4. The monoisotopic (exact) mass is 1000 g/mol. The van der Waals surface area contributed by atoms with Crippen molar-refractivity contribution in [3.05, 3.63) is 134 Å². The van der Waals surface area contributed by atoms with Crippen molar-refractivity contribution < 1.29 is 18.9 Å². The number of hydrogen-bond donors (Lipinski definition) is 0. The van der Waals surface area contributed by atoms with Crippen LogP contribution in [0, 0.1) is 19.7 Å². The van der Waals surface area contributed by atoms with Crippen molar-refractivity contribution in [3.8, 4) is 0 Å². The Hall–Kier alpha value is -0.360. The van der Waals surface area contributed by atoms with Crippen molar-refractivity contribution in [1.82, 2.24) is 0 Å². The van der Waals surface area contributed by atoms with Gasteiger partial charge in [0, 0.05) is 14.3 Å². The van der Waals surface area contributed by atoms with E-state index in [0.29, 0.717) is 52.9 Å². The van der Waals surface area contributed by atoms with Crippen LogP contribution in [0.1, 0.15) is 22.3 Å². The maximum atomic E-state index is 6.34. The molecule has 0 aliphatic heterocycles. The summed E-state index contributed by atoms with van der Waals surface area (Å²) in [5.41, 5.74) is 4.06. The maximum absolute atomic E-state index is 6.34. The van der Waals surface area contributed by atoms with E-state index in [0.717, 1.165) is 22.3 Å². The molecule has 0 fully saturated rings. The molecule has 0 unspecified atom stereocenters. The lowest BCUT2D eigenvalue weighted by molar-refractivity contribution is -0.117. The van der Waals surface area contributed by atoms with Gasteiger partial charge in [-0.1, -0.05) is 48.5 Å². The quantitative estimate of drug-likeness (QED) is 0.105. The lowest BCUT2D eigenvalue weighted by atomic mass is 9.92. The summed E-state index contributed by atoms with van der Waals surface area (Å²) in [7, 11) is 0. The van der Waals surface area contributed by atoms with Crippen LogP contribution in [-0.4, -0.2) is 26.4 Å². The number of rotatable bonds is 16. The fourth-order valence-corrected chi connectivity index (χ4v) is 5.55. The van der Waals surface area contributed by atoms with Gasteiger partial charge in [-0.25, -0.2) is 0 Å². The van der Waals surface area contributed by atoms with Gasteiger partial charge in [0.1, 0.15) is 0 Å². The van der Waals surface area contributed by atoms with Crippen LogP contribution >= 0.6 is 90.4 Å². The fraction of sp³-hybridized carbons (Fsp3) is 0.273. The van der Waals surface area contributed by atoms with E-state index in [1.54, 1.807) is 0 Å². The van der Waals surface area contributed by atoms with Crippen LogP contribution in [0.2, 0.25) is 0 Å². The first-order valence-corrected chi connectivity index (χ1v) is 17.5. The second kappa shape index (κ2) is 17.8. The highest BCUT2D eigenvalue weighted by atomic mass is 127. The average molecular weight is 1000 g/mol. The van der Waals surface area contributed by atoms with E-state index in [2.05, 4.69) is 187 Å². The minimum absolute atomic E-state index is 0.449. The van der Waals surface area contributed by atoms with E-state index >= 15 is 0 Å². The van der Waals surface area contributed by atoms with Gasteiger partial charge in [0.2, 0.25) is 0 Å². The highest BCUT2D eigenvalue weighted by Gasteiger charge is 2.33. The Morgan fingerprint density at radius 1 is 0.341 bits per heavy atom. The minimum atomic E-state index is -0.487. The summed E-state index contributed by atoms with van der Waals surface area (Å²) < 4.78 is 30.2. The largest absolute Gasteiger partial charge is 0.376 e. The molecule has 4 aromatic carbocycles. The Morgan fingerprint density at radius 2 is 0.537 bits per heavy atom. The molecule has 0 saturated heterocycles. The highest BCUT2D eigenvalue weighted by molar-refractivity contribution is 14.1. The first kappa shape index (κ1) is 33.5. The normalized spacial score (nSPS) is 11.6. The first-order chi connectivity index (χ1) is 19.9. The third-order valence-corrected chi connectivity index (χ3v) is 9.24. The van der Waals surface area contributed by atoms with Crippen molar-refractivity contribution in [2.24, 2.45) is 5.41 Å². The predicted molar refractivity (Wildman–Crippen MR) is 198 cm³/mol. The van der Waals surface area contributed by atoms with E-state index in [1.807, 2.05) is 0 Å². The molecule has 4 rings (SSSR count). The Labute approximate surface area is 297 Å². The smallest absolute Gasteiger partial charge is 0.0717 e. The summed E-state index contributed by atoms with van der Waals surface area (Å²) in [6, 6.07) is 33.7. The third-order valence-electron chi connectivity index (χ3n) is 6.36. The zero-order valence-electron chi connectivity index (χ0n) is 22.5. The van der Waals surface area contributed by atoms with Gasteiger partial charge in [-0.3, -0.25) is 0 Å². The van der Waals surface area contributed by atoms with Crippen molar-refractivity contribution >= 4 is 90.4 Å². The van der Waals surface area contributed by atoms with Crippen LogP contribution in [0.15, 0.2) is 97.1 Å². The molecule has 0 spiro atoms. The molecule has 0 bridgehead atoms. The SMILES string of the molecule is Ic1ccc(COCC(COCc2ccc(I)cc2)(COCc2ccc(I)cc2)COCc2ccc(I)cc2)cc1. The van der Waals surface area contributed by atoms with Gasteiger partial charge >= 0.3 is 0 Å². The lowest BCUT2D eigenvalue weighted by Gasteiger charge is -2.33. The lowest BCUT2D eigenvalue weighted by Crippen LogP contribution is -2.41. The van der Waals surface area contributed by atoms with Crippen LogP contribution in [0.3, 0.4) is 0 Å². The molecule has 0 amide bonds. The Balaban J connectivity index is 1.46. The Bertz CT molecular complexity index is 1100. The molecular weight excluding hydrogens is 968 g/mol. The van der Waals surface area contributed by atoms with Crippen LogP contribution in [0.25, 0.3) is 0 Å². The molecule has 0 heterocycles. The van der Waals surface area contributed by atoms with Crippen LogP contribution in [0.5, 0.6) is 0 Å². The zero-order valence-corrected chi connectivity index (χ0v) is 31.2. The van der Waals surface area contributed by atoms with Gasteiger partial charge in [0.15, 0.2) is 0 Å². The fourth-order valence-electron chi connectivity index (χ4n) is 4.11. The van der Waals surface area contributed by atoms with Crippen LogP contribution in [-0.2, 0) is 45.4 Å². The predicted octanol–water partition coefficient (Wildman–Crippen LogP) is 9.26. The zero-order chi connectivity index (χ0) is 28.9. The summed E-state index contributed by atoms with van der Waals surface area (Å²) in [6.07, 6.45) is 0. The average Bonchev–Trinajstić information content (AvgIpc) is 2.97. The summed E-state index contributed by atoms with van der Waals surface area (Å²) >= 11 is 9.28. The van der Waals surface area contributed by atoms with Crippen molar-refractivity contribution in [2.45, 2.75) is 26.4 Å². The number of benzene rings is 4. The van der Waals surface area contributed by atoms with Gasteiger partial charge < -0.3 is 18.9 Å². The number of halogens is 4. The van der Waals surface area contributed by atoms with Gasteiger partial charge in [-0.15, -0.1) is 0 Å². The molecule has 216 valence electrons. The molecular formula is C33H32I4O4. The van der Waals surface area contributed by atoms with Gasteiger partial charge in [0.05, 0.1) is 58.3 Å². The van der Waals surface area contributed by atoms with Gasteiger partial charge in [-0.05, 0) is 161 Å². The van der Waals surface area contributed by atoms with E-state index in [1.165, 1.54) is 14.3 Å². The molecule has 4 nitrogen and oxygen atoms in total. The standard InChI is InChI=1S/C33H32I4O4/c34-29-9-1-25(2-10-29)17-38-21-33(22-39-18-26-3-11-30(35)12-4-26,23-40-19-27-5-13-31(36)14-6-27)24-41-20-28-7-15-32(37)16-8-28/h1-16H,17-24H2. The summed E-state index contributed by atoms with van der Waals surface area (Å²) in [6.45, 7) is 3.87. The number of hydrogen-bond acceptors (Lipinski definition) is 4. The molecule has 0 radical (unpaired) electrons. The molecule has 0 aliphatic carbocycles. The second-order valence-electron chi connectivity index (χ2n) is 9.98. The molecule has 8 heteroatoms. The second-order valence-corrected chi connectivity index (χ2v) is 15.0. The molecule has 41 heavy (non-hydrogen) atoms. The van der Waals surface area contributed by atoms with Gasteiger partial charge in [0.25, 0.3) is 0 Å². The minimum Gasteiger partial charge on any atom is -0.376 e.